The standard InChI is InChI=1S/C14H12N2O4S/c17-14(18)15-11-4-2-6-13(8-11)21-9-10-3-1-5-12(7-10)16(19)20/h1-8,15H,9H2,(H,17,18). The Morgan fingerprint density at radius 1 is 1.24 bits per heavy atom. The van der Waals surface area contributed by atoms with E-state index in [0.29, 0.717) is 11.4 Å². The van der Waals surface area contributed by atoms with Gasteiger partial charge in [-0.3, -0.25) is 15.4 Å². The van der Waals surface area contributed by atoms with Gasteiger partial charge in [0, 0.05) is 28.5 Å². The first-order valence-corrected chi connectivity index (χ1v) is 6.99. The van der Waals surface area contributed by atoms with Crippen molar-refractivity contribution >= 4 is 29.2 Å². The van der Waals surface area contributed by atoms with Gasteiger partial charge in [0.1, 0.15) is 0 Å². The predicted molar refractivity (Wildman–Crippen MR) is 80.7 cm³/mol. The summed E-state index contributed by atoms with van der Waals surface area (Å²) < 4.78 is 0. The summed E-state index contributed by atoms with van der Waals surface area (Å²) >= 11 is 1.48. The molecule has 2 aromatic rings. The molecule has 108 valence electrons. The summed E-state index contributed by atoms with van der Waals surface area (Å²) in [6.07, 6.45) is -1.11. The number of anilines is 1. The molecule has 0 fully saturated rings. The number of nitro benzene ring substituents is 1. The molecule has 0 radical (unpaired) electrons. The minimum Gasteiger partial charge on any atom is -0.465 e. The van der Waals surface area contributed by atoms with E-state index in [2.05, 4.69) is 5.32 Å². The van der Waals surface area contributed by atoms with Crippen LogP contribution in [0.15, 0.2) is 53.4 Å². The number of nitrogens with zero attached hydrogens (tertiary/aromatic N) is 1. The molecule has 2 rings (SSSR count). The van der Waals surface area contributed by atoms with Crippen LogP contribution in [0.2, 0.25) is 0 Å². The zero-order valence-electron chi connectivity index (χ0n) is 10.9. The van der Waals surface area contributed by atoms with Gasteiger partial charge in [-0.15, -0.1) is 11.8 Å². The van der Waals surface area contributed by atoms with Crippen molar-refractivity contribution in [3.63, 3.8) is 0 Å². The third kappa shape index (κ3) is 4.50. The fourth-order valence-electron chi connectivity index (χ4n) is 1.71. The van der Waals surface area contributed by atoms with Crippen LogP contribution in [0.3, 0.4) is 0 Å². The molecule has 0 saturated carbocycles. The summed E-state index contributed by atoms with van der Waals surface area (Å²) in [4.78, 5) is 21.7. The molecule has 6 nitrogen and oxygen atoms in total. The van der Waals surface area contributed by atoms with E-state index in [-0.39, 0.29) is 5.69 Å². The number of carboxylic acid groups (broad SMARTS) is 1. The molecular weight excluding hydrogens is 292 g/mol. The van der Waals surface area contributed by atoms with E-state index in [1.165, 1.54) is 23.9 Å². The summed E-state index contributed by atoms with van der Waals surface area (Å²) in [5.41, 5.74) is 1.40. The number of hydrogen-bond acceptors (Lipinski definition) is 4. The Hall–Kier alpha value is -2.54. The molecule has 0 atom stereocenters. The fraction of sp³-hybridized carbons (Fsp3) is 0.0714. The van der Waals surface area contributed by atoms with E-state index < -0.39 is 11.0 Å². The molecule has 0 aliphatic rings. The fourth-order valence-corrected chi connectivity index (χ4v) is 2.61. The van der Waals surface area contributed by atoms with Gasteiger partial charge in [-0.05, 0) is 23.8 Å². The maximum absolute atomic E-state index is 10.7. The third-order valence-corrected chi connectivity index (χ3v) is 3.68. The number of amides is 1. The second-order valence-electron chi connectivity index (χ2n) is 4.17. The van der Waals surface area contributed by atoms with Crippen LogP contribution in [0.5, 0.6) is 0 Å². The monoisotopic (exact) mass is 304 g/mol. The lowest BCUT2D eigenvalue weighted by Crippen LogP contribution is -2.06. The Morgan fingerprint density at radius 2 is 2.00 bits per heavy atom. The van der Waals surface area contributed by atoms with Gasteiger partial charge in [0.2, 0.25) is 0 Å². The van der Waals surface area contributed by atoms with Gasteiger partial charge in [-0.1, -0.05) is 18.2 Å². The van der Waals surface area contributed by atoms with E-state index in [1.54, 1.807) is 24.3 Å². The van der Waals surface area contributed by atoms with Crippen LogP contribution in [0.4, 0.5) is 16.2 Å². The summed E-state index contributed by atoms with van der Waals surface area (Å²) in [5, 5.41) is 21.7. The van der Waals surface area contributed by atoms with E-state index in [0.717, 1.165) is 10.5 Å². The highest BCUT2D eigenvalue weighted by atomic mass is 32.2. The van der Waals surface area contributed by atoms with E-state index in [4.69, 9.17) is 5.11 Å². The van der Waals surface area contributed by atoms with Crippen LogP contribution >= 0.6 is 11.8 Å². The predicted octanol–water partition coefficient (Wildman–Crippen LogP) is 3.98. The van der Waals surface area contributed by atoms with Crippen molar-refractivity contribution in [2.24, 2.45) is 0 Å². The molecule has 0 aromatic heterocycles. The molecule has 0 unspecified atom stereocenters. The van der Waals surface area contributed by atoms with Crippen LogP contribution in [-0.4, -0.2) is 16.1 Å². The lowest BCUT2D eigenvalue weighted by molar-refractivity contribution is -0.384. The molecule has 0 aliphatic carbocycles. The summed E-state index contributed by atoms with van der Waals surface area (Å²) in [6, 6.07) is 13.4. The highest BCUT2D eigenvalue weighted by Crippen LogP contribution is 2.26. The Morgan fingerprint density at radius 3 is 2.71 bits per heavy atom. The molecule has 0 spiro atoms. The molecule has 0 heterocycles. The van der Waals surface area contributed by atoms with Gasteiger partial charge in [0.25, 0.3) is 5.69 Å². The average Bonchev–Trinajstić information content (AvgIpc) is 2.45. The highest BCUT2D eigenvalue weighted by molar-refractivity contribution is 7.98. The largest absolute Gasteiger partial charge is 0.465 e. The highest BCUT2D eigenvalue weighted by Gasteiger charge is 2.06. The van der Waals surface area contributed by atoms with Gasteiger partial charge < -0.3 is 5.11 Å². The van der Waals surface area contributed by atoms with Crippen LogP contribution in [-0.2, 0) is 5.75 Å². The zero-order chi connectivity index (χ0) is 15.2. The number of carbonyl (C=O) groups is 1. The van der Waals surface area contributed by atoms with Crippen LogP contribution in [0, 0.1) is 10.1 Å². The Labute approximate surface area is 125 Å². The molecule has 1 amide bonds. The minimum absolute atomic E-state index is 0.0643. The minimum atomic E-state index is -1.11. The smallest absolute Gasteiger partial charge is 0.409 e. The quantitative estimate of drug-likeness (QED) is 0.495. The lowest BCUT2D eigenvalue weighted by atomic mass is 10.2. The second-order valence-corrected chi connectivity index (χ2v) is 5.22. The van der Waals surface area contributed by atoms with E-state index in [9.17, 15) is 14.9 Å². The number of hydrogen-bond donors (Lipinski definition) is 2. The number of rotatable bonds is 5. The average molecular weight is 304 g/mol. The van der Waals surface area contributed by atoms with Gasteiger partial charge >= 0.3 is 6.09 Å². The first kappa shape index (κ1) is 14.9. The SMILES string of the molecule is O=C(O)Nc1cccc(SCc2cccc([N+](=O)[O-])c2)c1. The van der Waals surface area contributed by atoms with Crippen LogP contribution < -0.4 is 5.32 Å². The second kappa shape index (κ2) is 6.76. The number of nitrogens with one attached hydrogen (secondary N) is 1. The molecular formula is C14H12N2O4S. The first-order chi connectivity index (χ1) is 10.0. The molecule has 21 heavy (non-hydrogen) atoms. The van der Waals surface area contributed by atoms with Gasteiger partial charge in [0.15, 0.2) is 0 Å². The van der Waals surface area contributed by atoms with Crippen LogP contribution in [0.25, 0.3) is 0 Å². The van der Waals surface area contributed by atoms with Crippen molar-refractivity contribution in [1.82, 2.24) is 0 Å². The number of thioether (sulfide) groups is 1. The van der Waals surface area contributed by atoms with Crippen LogP contribution in [0.1, 0.15) is 5.56 Å². The maximum Gasteiger partial charge on any atom is 0.409 e. The molecule has 2 aromatic carbocycles. The number of non-ortho nitro benzene ring substituents is 1. The van der Waals surface area contributed by atoms with Crippen molar-refractivity contribution in [3.8, 4) is 0 Å². The van der Waals surface area contributed by atoms with Crippen molar-refractivity contribution < 1.29 is 14.8 Å². The molecule has 2 N–H and O–H groups in total. The molecule has 0 bridgehead atoms. The topological polar surface area (TPSA) is 92.5 Å². The van der Waals surface area contributed by atoms with Gasteiger partial charge in [0.05, 0.1) is 4.92 Å². The van der Waals surface area contributed by atoms with E-state index >= 15 is 0 Å². The summed E-state index contributed by atoms with van der Waals surface area (Å²) in [6.45, 7) is 0. The molecule has 7 heteroatoms. The lowest BCUT2D eigenvalue weighted by Gasteiger charge is -2.05. The first-order valence-electron chi connectivity index (χ1n) is 6.01. The summed E-state index contributed by atoms with van der Waals surface area (Å²) in [7, 11) is 0. The normalized spacial score (nSPS) is 10.1. The third-order valence-electron chi connectivity index (χ3n) is 2.61. The van der Waals surface area contributed by atoms with E-state index in [1.807, 2.05) is 12.1 Å². The molecule has 0 saturated heterocycles. The zero-order valence-corrected chi connectivity index (χ0v) is 11.7. The Bertz CT molecular complexity index is 676. The van der Waals surface area contributed by atoms with Crippen molar-refractivity contribution in [3.05, 3.63) is 64.2 Å². The van der Waals surface area contributed by atoms with Gasteiger partial charge in [-0.2, -0.15) is 0 Å². The number of nitro groups is 1. The Kier molecular flexibility index (Phi) is 4.78. The van der Waals surface area contributed by atoms with Crippen molar-refractivity contribution in [1.29, 1.82) is 0 Å². The van der Waals surface area contributed by atoms with Gasteiger partial charge in [-0.25, -0.2) is 4.79 Å². The number of benzene rings is 2. The van der Waals surface area contributed by atoms with Crippen molar-refractivity contribution in [2.45, 2.75) is 10.6 Å². The molecule has 0 aliphatic heterocycles. The maximum atomic E-state index is 10.7. The Balaban J connectivity index is 2.04. The van der Waals surface area contributed by atoms with Crippen molar-refractivity contribution in [2.75, 3.05) is 5.32 Å². The summed E-state index contributed by atoms with van der Waals surface area (Å²) in [5.74, 6) is 0.568.